The topological polar surface area (TPSA) is 67.4 Å². The van der Waals surface area contributed by atoms with Gasteiger partial charge in [0, 0.05) is 6.92 Å². The second kappa shape index (κ2) is 6.78. The molecule has 0 atom stereocenters. The molecule has 0 saturated carbocycles. The number of anilines is 1. The Kier molecular flexibility index (Phi) is 5.36. The smallest absolute Gasteiger partial charge is 0.405 e. The van der Waals surface area contributed by atoms with Crippen molar-refractivity contribution in [2.24, 2.45) is 0 Å². The zero-order valence-electron chi connectivity index (χ0n) is 10.6. The molecule has 5 nitrogen and oxygen atoms in total. The summed E-state index contributed by atoms with van der Waals surface area (Å²) in [5.74, 6) is -1.03. The van der Waals surface area contributed by atoms with Crippen molar-refractivity contribution in [3.05, 3.63) is 24.3 Å². The Balaban J connectivity index is 2.53. The van der Waals surface area contributed by atoms with Gasteiger partial charge in [-0.2, -0.15) is 13.2 Å². The van der Waals surface area contributed by atoms with Gasteiger partial charge in [0.05, 0.1) is 5.69 Å². The van der Waals surface area contributed by atoms with Crippen LogP contribution >= 0.6 is 0 Å². The van der Waals surface area contributed by atoms with Gasteiger partial charge in [0.2, 0.25) is 5.91 Å². The van der Waals surface area contributed by atoms with E-state index in [1.165, 1.54) is 13.0 Å². The van der Waals surface area contributed by atoms with Gasteiger partial charge >= 0.3 is 6.18 Å². The van der Waals surface area contributed by atoms with Crippen molar-refractivity contribution in [1.82, 2.24) is 5.32 Å². The number of alkyl halides is 3. The summed E-state index contributed by atoms with van der Waals surface area (Å²) in [5, 5.41) is 4.15. The third kappa shape index (κ3) is 6.07. The average Bonchev–Trinajstić information content (AvgIpc) is 2.34. The molecule has 0 bridgehead atoms. The lowest BCUT2D eigenvalue weighted by Crippen LogP contribution is -2.36. The fraction of sp³-hybridized carbons (Fsp3) is 0.333. The van der Waals surface area contributed by atoms with E-state index in [-0.39, 0.29) is 11.7 Å². The fourth-order valence-electron chi connectivity index (χ4n) is 1.28. The van der Waals surface area contributed by atoms with Gasteiger partial charge in [0.1, 0.15) is 12.3 Å². The third-order valence-corrected chi connectivity index (χ3v) is 2.04. The molecular weight excluding hydrogens is 277 g/mol. The number of carbonyl (C=O) groups excluding carboxylic acids is 2. The zero-order valence-corrected chi connectivity index (χ0v) is 10.6. The Morgan fingerprint density at radius 2 is 1.90 bits per heavy atom. The maximum absolute atomic E-state index is 11.9. The van der Waals surface area contributed by atoms with Crippen LogP contribution in [0.3, 0.4) is 0 Å². The van der Waals surface area contributed by atoms with Crippen molar-refractivity contribution < 1.29 is 27.5 Å². The van der Waals surface area contributed by atoms with Crippen molar-refractivity contribution in [2.75, 3.05) is 18.5 Å². The van der Waals surface area contributed by atoms with E-state index in [2.05, 4.69) is 5.32 Å². The predicted molar refractivity (Wildman–Crippen MR) is 65.3 cm³/mol. The van der Waals surface area contributed by atoms with Gasteiger partial charge in [0.15, 0.2) is 6.61 Å². The Bertz CT molecular complexity index is 489. The molecule has 20 heavy (non-hydrogen) atoms. The molecule has 2 N–H and O–H groups in total. The normalized spacial score (nSPS) is 10.8. The summed E-state index contributed by atoms with van der Waals surface area (Å²) in [5.41, 5.74) is 0.337. The molecule has 8 heteroatoms. The number of benzene rings is 1. The van der Waals surface area contributed by atoms with Crippen LogP contribution in [0.15, 0.2) is 24.3 Å². The lowest BCUT2D eigenvalue weighted by molar-refractivity contribution is -0.139. The molecule has 0 aromatic heterocycles. The predicted octanol–water partition coefficient (Wildman–Crippen LogP) is 1.70. The van der Waals surface area contributed by atoms with Gasteiger partial charge in [-0.25, -0.2) is 0 Å². The van der Waals surface area contributed by atoms with Crippen molar-refractivity contribution >= 4 is 17.5 Å². The molecule has 2 amide bonds. The maximum Gasteiger partial charge on any atom is 0.405 e. The van der Waals surface area contributed by atoms with Gasteiger partial charge in [0.25, 0.3) is 5.91 Å². The maximum atomic E-state index is 11.9. The molecule has 0 heterocycles. The molecule has 0 aliphatic rings. The highest BCUT2D eigenvalue weighted by atomic mass is 19.4. The highest BCUT2D eigenvalue weighted by Gasteiger charge is 2.27. The Morgan fingerprint density at radius 3 is 2.50 bits per heavy atom. The van der Waals surface area contributed by atoms with Gasteiger partial charge < -0.3 is 15.4 Å². The van der Waals surface area contributed by atoms with Crippen LogP contribution in [-0.4, -0.2) is 31.1 Å². The molecule has 1 aromatic rings. The van der Waals surface area contributed by atoms with Crippen LogP contribution in [0.4, 0.5) is 18.9 Å². The zero-order chi connectivity index (χ0) is 15.2. The Hall–Kier alpha value is -2.25. The first-order valence-corrected chi connectivity index (χ1v) is 5.61. The summed E-state index contributed by atoms with van der Waals surface area (Å²) >= 11 is 0. The van der Waals surface area contributed by atoms with E-state index in [0.717, 1.165) is 0 Å². The first-order valence-electron chi connectivity index (χ1n) is 5.61. The number of ether oxygens (including phenoxy) is 1. The van der Waals surface area contributed by atoms with Crippen molar-refractivity contribution in [2.45, 2.75) is 13.1 Å². The average molecular weight is 290 g/mol. The molecule has 110 valence electrons. The molecular formula is C12H13F3N2O3. The lowest BCUT2D eigenvalue weighted by Gasteiger charge is -2.12. The summed E-state index contributed by atoms with van der Waals surface area (Å²) in [4.78, 5) is 22.1. The number of halogens is 3. The first kappa shape index (κ1) is 15.8. The van der Waals surface area contributed by atoms with Crippen molar-refractivity contribution in [1.29, 1.82) is 0 Å². The molecule has 0 aliphatic carbocycles. The largest absolute Gasteiger partial charge is 0.482 e. The van der Waals surface area contributed by atoms with Crippen LogP contribution in [-0.2, 0) is 9.59 Å². The SMILES string of the molecule is CC(=O)Nc1ccccc1OCC(=O)NCC(F)(F)F. The number of para-hydroxylation sites is 2. The van der Waals surface area contributed by atoms with E-state index in [1.807, 2.05) is 0 Å². The van der Waals surface area contributed by atoms with Gasteiger partial charge in [-0.1, -0.05) is 12.1 Å². The molecule has 1 aromatic carbocycles. The number of hydrogen-bond donors (Lipinski definition) is 2. The molecule has 0 spiro atoms. The highest BCUT2D eigenvalue weighted by molar-refractivity contribution is 5.90. The second-order valence-electron chi connectivity index (χ2n) is 3.86. The first-order chi connectivity index (χ1) is 9.28. The van der Waals surface area contributed by atoms with Gasteiger partial charge in [-0.15, -0.1) is 0 Å². The quantitative estimate of drug-likeness (QED) is 0.867. The Morgan fingerprint density at radius 1 is 1.25 bits per heavy atom. The fourth-order valence-corrected chi connectivity index (χ4v) is 1.28. The number of nitrogens with one attached hydrogen (secondary N) is 2. The minimum absolute atomic E-state index is 0.199. The van der Waals surface area contributed by atoms with Crippen molar-refractivity contribution in [3.63, 3.8) is 0 Å². The summed E-state index contributed by atoms with van der Waals surface area (Å²) in [6.07, 6.45) is -4.47. The number of amides is 2. The standard InChI is InChI=1S/C12H13F3N2O3/c1-8(18)17-9-4-2-3-5-10(9)20-6-11(19)16-7-12(13,14)15/h2-5H,6-7H2,1H3,(H,16,19)(H,17,18). The second-order valence-corrected chi connectivity index (χ2v) is 3.86. The highest BCUT2D eigenvalue weighted by Crippen LogP contribution is 2.23. The van der Waals surface area contributed by atoms with Gasteiger partial charge in [-0.3, -0.25) is 9.59 Å². The molecule has 0 unspecified atom stereocenters. The van der Waals surface area contributed by atoms with E-state index >= 15 is 0 Å². The molecule has 0 radical (unpaired) electrons. The van der Waals surface area contributed by atoms with E-state index in [1.54, 1.807) is 23.5 Å². The summed E-state index contributed by atoms with van der Waals surface area (Å²) in [6.45, 7) is -0.692. The molecule has 0 saturated heterocycles. The molecule has 0 fully saturated rings. The van der Waals surface area contributed by atoms with E-state index < -0.39 is 25.2 Å². The minimum atomic E-state index is -4.47. The lowest BCUT2D eigenvalue weighted by atomic mass is 10.3. The van der Waals surface area contributed by atoms with Crippen LogP contribution < -0.4 is 15.4 Å². The van der Waals surface area contributed by atoms with Crippen LogP contribution in [0.2, 0.25) is 0 Å². The molecule has 1 rings (SSSR count). The van der Waals surface area contributed by atoms with E-state index in [0.29, 0.717) is 5.69 Å². The van der Waals surface area contributed by atoms with Crippen LogP contribution in [0.25, 0.3) is 0 Å². The third-order valence-electron chi connectivity index (χ3n) is 2.04. The Labute approximate surface area is 113 Å². The van der Waals surface area contributed by atoms with E-state index in [9.17, 15) is 22.8 Å². The van der Waals surface area contributed by atoms with Crippen LogP contribution in [0, 0.1) is 0 Å². The minimum Gasteiger partial charge on any atom is -0.482 e. The van der Waals surface area contributed by atoms with E-state index in [4.69, 9.17) is 4.74 Å². The van der Waals surface area contributed by atoms with Crippen LogP contribution in [0.5, 0.6) is 5.75 Å². The molecule has 0 aliphatic heterocycles. The summed E-state index contributed by atoms with van der Waals surface area (Å²) < 4.78 is 40.7. The monoisotopic (exact) mass is 290 g/mol. The van der Waals surface area contributed by atoms with Crippen molar-refractivity contribution in [3.8, 4) is 5.75 Å². The number of hydrogen-bond acceptors (Lipinski definition) is 3. The number of rotatable bonds is 5. The summed E-state index contributed by atoms with van der Waals surface area (Å²) in [7, 11) is 0. The van der Waals surface area contributed by atoms with Crippen LogP contribution in [0.1, 0.15) is 6.92 Å². The number of carbonyl (C=O) groups is 2. The van der Waals surface area contributed by atoms with Gasteiger partial charge in [-0.05, 0) is 12.1 Å². The summed E-state index contributed by atoms with van der Waals surface area (Å²) in [6, 6.07) is 6.28.